The van der Waals surface area contributed by atoms with E-state index in [-0.39, 0.29) is 4.90 Å². The normalized spacial score (nSPS) is 16.5. The molecular weight excluding hydrogens is 412 g/mol. The van der Waals surface area contributed by atoms with E-state index in [2.05, 4.69) is 38.0 Å². The molecule has 1 aliphatic rings. The molecule has 2 aromatic rings. The summed E-state index contributed by atoms with van der Waals surface area (Å²) in [5, 5.41) is 4.07. The van der Waals surface area contributed by atoms with Crippen molar-refractivity contribution in [1.29, 1.82) is 0 Å². The summed E-state index contributed by atoms with van der Waals surface area (Å²) in [5.74, 6) is 0.658. The smallest absolute Gasteiger partial charge is 0.200 e. The van der Waals surface area contributed by atoms with Crippen molar-refractivity contribution in [3.05, 3.63) is 64.1 Å². The quantitative estimate of drug-likeness (QED) is 0.519. The van der Waals surface area contributed by atoms with E-state index >= 15 is 0 Å². The number of nitrogens with one attached hydrogen (secondary N) is 1. The van der Waals surface area contributed by atoms with Gasteiger partial charge in [0, 0.05) is 4.47 Å². The van der Waals surface area contributed by atoms with Gasteiger partial charge < -0.3 is 0 Å². The van der Waals surface area contributed by atoms with Crippen molar-refractivity contribution in [3.8, 4) is 0 Å². The van der Waals surface area contributed by atoms with Crippen LogP contribution < -0.4 is 4.83 Å². The SMILES string of the molecule is CC(=NNS(=O)(=O)c1ccc(Br)cc1)c1ccc(C2CCCCC2)cc1. The van der Waals surface area contributed by atoms with Crippen molar-refractivity contribution in [2.75, 3.05) is 0 Å². The van der Waals surface area contributed by atoms with Gasteiger partial charge in [-0.2, -0.15) is 18.4 Å². The van der Waals surface area contributed by atoms with Crippen LogP contribution in [0.1, 0.15) is 56.1 Å². The maximum Gasteiger partial charge on any atom is 0.276 e. The second-order valence-electron chi connectivity index (χ2n) is 6.70. The lowest BCUT2D eigenvalue weighted by molar-refractivity contribution is 0.443. The van der Waals surface area contributed by atoms with Gasteiger partial charge in [0.15, 0.2) is 0 Å². The summed E-state index contributed by atoms with van der Waals surface area (Å²) in [5.41, 5.74) is 2.93. The minimum atomic E-state index is -3.66. The van der Waals surface area contributed by atoms with Gasteiger partial charge >= 0.3 is 0 Å². The van der Waals surface area contributed by atoms with Crippen LogP contribution in [0, 0.1) is 0 Å². The highest BCUT2D eigenvalue weighted by Crippen LogP contribution is 2.32. The molecule has 0 aliphatic heterocycles. The third kappa shape index (κ3) is 4.74. The Morgan fingerprint density at radius 2 is 1.62 bits per heavy atom. The molecular formula is C20H23BrN2O2S. The first-order valence-corrected chi connectivity index (χ1v) is 11.2. The van der Waals surface area contributed by atoms with E-state index in [0.717, 1.165) is 10.0 Å². The zero-order chi connectivity index (χ0) is 18.6. The van der Waals surface area contributed by atoms with Gasteiger partial charge in [0.2, 0.25) is 0 Å². The van der Waals surface area contributed by atoms with Crippen LogP contribution in [-0.2, 0) is 10.0 Å². The van der Waals surface area contributed by atoms with Crippen molar-refractivity contribution in [2.45, 2.75) is 49.8 Å². The second-order valence-corrected chi connectivity index (χ2v) is 9.28. The zero-order valence-corrected chi connectivity index (χ0v) is 17.2. The summed E-state index contributed by atoms with van der Waals surface area (Å²) < 4.78 is 25.4. The highest BCUT2D eigenvalue weighted by Gasteiger charge is 2.16. The Morgan fingerprint density at radius 3 is 2.23 bits per heavy atom. The average Bonchev–Trinajstić information content (AvgIpc) is 2.67. The Labute approximate surface area is 163 Å². The molecule has 1 fully saturated rings. The van der Waals surface area contributed by atoms with Crippen molar-refractivity contribution in [2.24, 2.45) is 5.10 Å². The number of nitrogens with zero attached hydrogens (tertiary/aromatic N) is 1. The third-order valence-corrected chi connectivity index (χ3v) is 6.62. The largest absolute Gasteiger partial charge is 0.276 e. The lowest BCUT2D eigenvalue weighted by Gasteiger charge is -2.22. The summed E-state index contributed by atoms with van der Waals surface area (Å²) in [6.07, 6.45) is 6.49. The number of halogens is 1. The fourth-order valence-corrected chi connectivity index (χ4v) is 4.41. The van der Waals surface area contributed by atoms with E-state index in [4.69, 9.17) is 0 Å². The number of sulfonamides is 1. The maximum atomic E-state index is 12.3. The standard InChI is InChI=1S/C20H23BrN2O2S/c1-15(22-23-26(24,25)20-13-11-19(21)12-14-20)16-7-9-18(10-8-16)17-5-3-2-4-6-17/h7-14,17,23H,2-6H2,1H3. The number of hydrogen-bond donors (Lipinski definition) is 1. The number of hydrazone groups is 1. The highest BCUT2D eigenvalue weighted by atomic mass is 79.9. The Kier molecular flexibility index (Phi) is 6.14. The van der Waals surface area contributed by atoms with E-state index in [1.165, 1.54) is 49.8 Å². The average molecular weight is 435 g/mol. The number of rotatable bonds is 5. The minimum Gasteiger partial charge on any atom is -0.200 e. The van der Waals surface area contributed by atoms with Gasteiger partial charge in [-0.15, -0.1) is 0 Å². The predicted octanol–water partition coefficient (Wildman–Crippen LogP) is 5.20. The van der Waals surface area contributed by atoms with E-state index in [0.29, 0.717) is 11.6 Å². The van der Waals surface area contributed by atoms with Gasteiger partial charge in [-0.05, 0) is 61.1 Å². The molecule has 3 rings (SSSR count). The molecule has 0 bridgehead atoms. The zero-order valence-electron chi connectivity index (χ0n) is 14.8. The Balaban J connectivity index is 1.70. The van der Waals surface area contributed by atoms with Crippen LogP contribution in [0.3, 0.4) is 0 Å². The molecule has 4 nitrogen and oxygen atoms in total. The molecule has 1 N–H and O–H groups in total. The summed E-state index contributed by atoms with van der Waals surface area (Å²) in [7, 11) is -3.66. The summed E-state index contributed by atoms with van der Waals surface area (Å²) in [6, 6.07) is 14.8. The van der Waals surface area contributed by atoms with Crippen LogP contribution in [0.5, 0.6) is 0 Å². The molecule has 26 heavy (non-hydrogen) atoms. The molecule has 0 saturated heterocycles. The van der Waals surface area contributed by atoms with Crippen molar-refractivity contribution >= 4 is 31.7 Å². The summed E-state index contributed by atoms with van der Waals surface area (Å²) >= 11 is 3.30. The fraction of sp³-hybridized carbons (Fsp3) is 0.350. The van der Waals surface area contributed by atoms with Gasteiger partial charge in [-0.25, -0.2) is 0 Å². The van der Waals surface area contributed by atoms with Crippen molar-refractivity contribution in [1.82, 2.24) is 4.83 Å². The molecule has 0 heterocycles. The van der Waals surface area contributed by atoms with Crippen LogP contribution in [-0.4, -0.2) is 14.1 Å². The molecule has 0 atom stereocenters. The first-order chi connectivity index (χ1) is 12.5. The van der Waals surface area contributed by atoms with Crippen LogP contribution in [0.2, 0.25) is 0 Å². The van der Waals surface area contributed by atoms with Crippen LogP contribution in [0.4, 0.5) is 0 Å². The Bertz CT molecular complexity index is 869. The Morgan fingerprint density at radius 1 is 1.00 bits per heavy atom. The van der Waals surface area contributed by atoms with Gasteiger partial charge in [0.1, 0.15) is 0 Å². The van der Waals surface area contributed by atoms with E-state index in [1.54, 1.807) is 19.1 Å². The van der Waals surface area contributed by atoms with Crippen LogP contribution in [0.15, 0.2) is 63.0 Å². The molecule has 2 aromatic carbocycles. The molecule has 6 heteroatoms. The Hall–Kier alpha value is -1.66. The van der Waals surface area contributed by atoms with Crippen LogP contribution in [0.25, 0.3) is 0 Å². The maximum absolute atomic E-state index is 12.3. The monoisotopic (exact) mass is 434 g/mol. The molecule has 0 amide bonds. The van der Waals surface area contributed by atoms with Crippen molar-refractivity contribution < 1.29 is 8.42 Å². The van der Waals surface area contributed by atoms with E-state index in [1.807, 2.05) is 12.1 Å². The molecule has 0 unspecified atom stereocenters. The molecule has 0 radical (unpaired) electrons. The molecule has 138 valence electrons. The fourth-order valence-electron chi connectivity index (χ4n) is 3.29. The lowest BCUT2D eigenvalue weighted by atomic mass is 9.84. The van der Waals surface area contributed by atoms with Gasteiger partial charge in [0.25, 0.3) is 10.0 Å². The van der Waals surface area contributed by atoms with Crippen molar-refractivity contribution in [3.63, 3.8) is 0 Å². The van der Waals surface area contributed by atoms with Crippen LogP contribution >= 0.6 is 15.9 Å². The highest BCUT2D eigenvalue weighted by molar-refractivity contribution is 9.10. The predicted molar refractivity (Wildman–Crippen MR) is 109 cm³/mol. The van der Waals surface area contributed by atoms with Gasteiger partial charge in [0.05, 0.1) is 10.6 Å². The van der Waals surface area contributed by atoms with E-state index < -0.39 is 10.0 Å². The molecule has 0 aromatic heterocycles. The molecule has 0 spiro atoms. The number of hydrogen-bond acceptors (Lipinski definition) is 3. The van der Waals surface area contributed by atoms with E-state index in [9.17, 15) is 8.42 Å². The first kappa shape index (κ1) is 19.1. The number of benzene rings is 2. The molecule has 1 saturated carbocycles. The first-order valence-electron chi connectivity index (χ1n) is 8.88. The minimum absolute atomic E-state index is 0.185. The summed E-state index contributed by atoms with van der Waals surface area (Å²) in [4.78, 5) is 2.50. The third-order valence-electron chi connectivity index (χ3n) is 4.86. The van der Waals surface area contributed by atoms with Gasteiger partial charge in [-0.1, -0.05) is 59.5 Å². The second kappa shape index (κ2) is 8.35. The van der Waals surface area contributed by atoms with Gasteiger partial charge in [-0.3, -0.25) is 0 Å². The lowest BCUT2D eigenvalue weighted by Crippen LogP contribution is -2.19. The molecule has 1 aliphatic carbocycles. The topological polar surface area (TPSA) is 58.5 Å². The summed E-state index contributed by atoms with van der Waals surface area (Å²) in [6.45, 7) is 1.81.